The van der Waals surface area contributed by atoms with Crippen molar-refractivity contribution in [2.24, 2.45) is 0 Å². The van der Waals surface area contributed by atoms with E-state index < -0.39 is 0 Å². The van der Waals surface area contributed by atoms with Crippen LogP contribution in [0.25, 0.3) is 10.2 Å². The molecule has 2 aliphatic rings. The summed E-state index contributed by atoms with van der Waals surface area (Å²) < 4.78 is 5.40. The van der Waals surface area contributed by atoms with Crippen LogP contribution in [0.15, 0.2) is 11.6 Å². The molecule has 0 bridgehead atoms. The standard InChI is InChI=1S/C20H28N4OS/c1-14-15(2)26-20-18(14)19(21-8-5-16-6-11-25-12-7-16)22-17(23-20)13-24-9-3-4-10-24/h6H,3-5,7-13H2,1-2H3,(H,21,22,23). The first-order chi connectivity index (χ1) is 12.7. The summed E-state index contributed by atoms with van der Waals surface area (Å²) in [5, 5.41) is 4.82. The second-order valence-corrected chi connectivity index (χ2v) is 8.50. The van der Waals surface area contributed by atoms with Gasteiger partial charge in [0.1, 0.15) is 16.5 Å². The third-order valence-electron chi connectivity index (χ3n) is 5.43. The molecule has 4 rings (SSSR count). The summed E-state index contributed by atoms with van der Waals surface area (Å²) in [7, 11) is 0. The SMILES string of the molecule is Cc1sc2nc(CN3CCCC3)nc(NCCC3=CCOCC3)c2c1C. The van der Waals surface area contributed by atoms with Gasteiger partial charge in [-0.3, -0.25) is 4.90 Å². The minimum absolute atomic E-state index is 0.760. The topological polar surface area (TPSA) is 50.3 Å². The first-order valence-electron chi connectivity index (χ1n) is 9.69. The van der Waals surface area contributed by atoms with E-state index in [0.29, 0.717) is 0 Å². The monoisotopic (exact) mass is 372 g/mol. The number of hydrogen-bond donors (Lipinski definition) is 1. The molecule has 4 heterocycles. The summed E-state index contributed by atoms with van der Waals surface area (Å²) in [6.45, 7) is 10.1. The summed E-state index contributed by atoms with van der Waals surface area (Å²) >= 11 is 1.79. The Morgan fingerprint density at radius 3 is 2.85 bits per heavy atom. The number of rotatable bonds is 6. The molecule has 0 aliphatic carbocycles. The minimum atomic E-state index is 0.760. The maximum Gasteiger partial charge on any atom is 0.146 e. The molecular weight excluding hydrogens is 344 g/mol. The van der Waals surface area contributed by atoms with Gasteiger partial charge >= 0.3 is 0 Å². The summed E-state index contributed by atoms with van der Waals surface area (Å²) in [5.41, 5.74) is 2.80. The van der Waals surface area contributed by atoms with Crippen LogP contribution in [0.5, 0.6) is 0 Å². The number of likely N-dealkylation sites (tertiary alicyclic amines) is 1. The van der Waals surface area contributed by atoms with Gasteiger partial charge in [0, 0.05) is 11.4 Å². The van der Waals surface area contributed by atoms with Crippen LogP contribution in [-0.4, -0.2) is 47.7 Å². The molecule has 1 fully saturated rings. The summed E-state index contributed by atoms with van der Waals surface area (Å²) in [4.78, 5) is 14.7. The molecule has 2 aliphatic heterocycles. The van der Waals surface area contributed by atoms with Gasteiger partial charge in [-0.1, -0.05) is 11.6 Å². The Bertz CT molecular complexity index is 808. The summed E-state index contributed by atoms with van der Waals surface area (Å²) in [6.07, 6.45) is 6.92. The van der Waals surface area contributed by atoms with E-state index in [2.05, 4.69) is 30.1 Å². The maximum absolute atomic E-state index is 5.40. The van der Waals surface area contributed by atoms with Crippen LogP contribution in [-0.2, 0) is 11.3 Å². The molecule has 140 valence electrons. The van der Waals surface area contributed by atoms with E-state index >= 15 is 0 Å². The fourth-order valence-electron chi connectivity index (χ4n) is 3.77. The van der Waals surface area contributed by atoms with Gasteiger partial charge in [0.2, 0.25) is 0 Å². The quantitative estimate of drug-likeness (QED) is 0.775. The lowest BCUT2D eigenvalue weighted by atomic mass is 10.1. The first kappa shape index (κ1) is 17.9. The highest BCUT2D eigenvalue weighted by Crippen LogP contribution is 2.33. The summed E-state index contributed by atoms with van der Waals surface area (Å²) in [6, 6.07) is 0. The molecule has 5 nitrogen and oxygen atoms in total. The molecule has 26 heavy (non-hydrogen) atoms. The second-order valence-electron chi connectivity index (χ2n) is 7.30. The van der Waals surface area contributed by atoms with E-state index in [4.69, 9.17) is 14.7 Å². The third-order valence-corrected chi connectivity index (χ3v) is 6.54. The van der Waals surface area contributed by atoms with E-state index in [9.17, 15) is 0 Å². The van der Waals surface area contributed by atoms with Crippen molar-refractivity contribution in [2.75, 3.05) is 38.2 Å². The number of hydrogen-bond acceptors (Lipinski definition) is 6. The number of ether oxygens (including phenoxy) is 1. The largest absolute Gasteiger partial charge is 0.377 e. The minimum Gasteiger partial charge on any atom is -0.377 e. The van der Waals surface area contributed by atoms with Gasteiger partial charge < -0.3 is 10.1 Å². The van der Waals surface area contributed by atoms with Gasteiger partial charge in [-0.2, -0.15) is 0 Å². The predicted octanol–water partition coefficient (Wildman–Crippen LogP) is 4.05. The number of thiophene rings is 1. The highest BCUT2D eigenvalue weighted by atomic mass is 32.1. The van der Waals surface area contributed by atoms with E-state index in [1.165, 1.54) is 47.3 Å². The smallest absolute Gasteiger partial charge is 0.146 e. The number of aryl methyl sites for hydroxylation is 2. The van der Waals surface area contributed by atoms with Gasteiger partial charge in [-0.15, -0.1) is 11.3 Å². The highest BCUT2D eigenvalue weighted by molar-refractivity contribution is 7.18. The number of nitrogens with zero attached hydrogens (tertiary/aromatic N) is 3. The Morgan fingerprint density at radius 2 is 2.08 bits per heavy atom. The van der Waals surface area contributed by atoms with Gasteiger partial charge in [-0.25, -0.2) is 9.97 Å². The van der Waals surface area contributed by atoms with Crippen LogP contribution in [0.1, 0.15) is 41.9 Å². The predicted molar refractivity (Wildman–Crippen MR) is 108 cm³/mol. The molecule has 0 atom stereocenters. The van der Waals surface area contributed by atoms with Crippen molar-refractivity contribution < 1.29 is 4.74 Å². The van der Waals surface area contributed by atoms with Crippen LogP contribution < -0.4 is 5.32 Å². The van der Waals surface area contributed by atoms with Gasteiger partial charge in [0.05, 0.1) is 25.1 Å². The molecule has 0 unspecified atom stereocenters. The molecule has 0 radical (unpaired) electrons. The van der Waals surface area contributed by atoms with Gasteiger partial charge in [0.15, 0.2) is 0 Å². The molecule has 0 aromatic carbocycles. The Morgan fingerprint density at radius 1 is 1.23 bits per heavy atom. The van der Waals surface area contributed by atoms with Crippen LogP contribution in [0, 0.1) is 13.8 Å². The van der Waals surface area contributed by atoms with Crippen molar-refractivity contribution in [2.45, 2.75) is 46.1 Å². The molecule has 1 saturated heterocycles. The highest BCUT2D eigenvalue weighted by Gasteiger charge is 2.18. The molecule has 6 heteroatoms. The molecule has 2 aromatic heterocycles. The number of anilines is 1. The lowest BCUT2D eigenvalue weighted by molar-refractivity contribution is 0.153. The lowest BCUT2D eigenvalue weighted by Gasteiger charge is -2.16. The average Bonchev–Trinajstić information content (AvgIpc) is 3.24. The molecule has 0 spiro atoms. The Kier molecular flexibility index (Phi) is 5.52. The normalized spacial score (nSPS) is 18.5. The van der Waals surface area contributed by atoms with Crippen LogP contribution in [0.2, 0.25) is 0 Å². The van der Waals surface area contributed by atoms with Crippen molar-refractivity contribution in [3.63, 3.8) is 0 Å². The average molecular weight is 373 g/mol. The number of fused-ring (bicyclic) bond motifs is 1. The molecule has 0 saturated carbocycles. The Balaban J connectivity index is 1.54. The zero-order chi connectivity index (χ0) is 17.9. The fourth-order valence-corrected chi connectivity index (χ4v) is 4.82. The van der Waals surface area contributed by atoms with E-state index in [1.807, 2.05) is 0 Å². The van der Waals surface area contributed by atoms with Crippen LogP contribution in [0.4, 0.5) is 5.82 Å². The molecule has 0 amide bonds. The van der Waals surface area contributed by atoms with Crippen LogP contribution >= 0.6 is 11.3 Å². The molecular formula is C20H28N4OS. The maximum atomic E-state index is 5.40. The molecule has 2 aromatic rings. The van der Waals surface area contributed by atoms with Crippen molar-refractivity contribution in [3.8, 4) is 0 Å². The van der Waals surface area contributed by atoms with Crippen molar-refractivity contribution in [3.05, 3.63) is 27.9 Å². The lowest BCUT2D eigenvalue weighted by Crippen LogP contribution is -2.20. The zero-order valence-corrected chi connectivity index (χ0v) is 16.6. The fraction of sp³-hybridized carbons (Fsp3) is 0.600. The van der Waals surface area contributed by atoms with E-state index in [0.717, 1.165) is 55.6 Å². The first-order valence-corrected chi connectivity index (χ1v) is 10.5. The second kappa shape index (κ2) is 8.03. The van der Waals surface area contributed by atoms with Gasteiger partial charge in [0.25, 0.3) is 0 Å². The number of aromatic nitrogens is 2. The van der Waals surface area contributed by atoms with E-state index in [1.54, 1.807) is 11.3 Å². The van der Waals surface area contributed by atoms with Crippen LogP contribution in [0.3, 0.4) is 0 Å². The Hall–Kier alpha value is -1.50. The molecule has 1 N–H and O–H groups in total. The Labute approximate surface area is 159 Å². The third kappa shape index (κ3) is 3.92. The zero-order valence-electron chi connectivity index (χ0n) is 15.8. The van der Waals surface area contributed by atoms with E-state index in [-0.39, 0.29) is 0 Å². The summed E-state index contributed by atoms with van der Waals surface area (Å²) in [5.74, 6) is 1.96. The number of nitrogens with one attached hydrogen (secondary N) is 1. The van der Waals surface area contributed by atoms with Crippen molar-refractivity contribution in [1.82, 2.24) is 14.9 Å². The van der Waals surface area contributed by atoms with Crippen molar-refractivity contribution in [1.29, 1.82) is 0 Å². The van der Waals surface area contributed by atoms with Crippen molar-refractivity contribution >= 4 is 27.4 Å². The van der Waals surface area contributed by atoms with Gasteiger partial charge in [-0.05, 0) is 58.2 Å².